The van der Waals surface area contributed by atoms with E-state index in [1.54, 1.807) is 32.0 Å². The molecule has 1 atom stereocenters. The highest BCUT2D eigenvalue weighted by Gasteiger charge is 2.32. The van der Waals surface area contributed by atoms with E-state index < -0.39 is 16.0 Å². The molecule has 0 bridgehead atoms. The Hall–Kier alpha value is -2.16. The molecule has 0 amide bonds. The number of rotatable bonds is 8. The Morgan fingerprint density at radius 1 is 1.27 bits per heavy atom. The summed E-state index contributed by atoms with van der Waals surface area (Å²) < 4.78 is 39.5. The topological polar surface area (TPSA) is 88.7 Å². The number of ether oxygens (including phenoxy) is 2. The molecular weight excluding hydrogens is 404 g/mol. The molecule has 1 saturated heterocycles. The van der Waals surface area contributed by atoms with Crippen molar-refractivity contribution in [2.45, 2.75) is 58.1 Å². The zero-order valence-electron chi connectivity index (χ0n) is 18.0. The molecule has 7 nitrogen and oxygen atoms in total. The molecule has 0 spiro atoms. The van der Waals surface area contributed by atoms with E-state index in [1.807, 2.05) is 19.9 Å². The maximum atomic E-state index is 13.6. The van der Waals surface area contributed by atoms with Crippen molar-refractivity contribution in [1.29, 1.82) is 0 Å². The number of nitrogens with one attached hydrogen (secondary N) is 1. The van der Waals surface area contributed by atoms with Gasteiger partial charge in [0.25, 0.3) is 0 Å². The summed E-state index contributed by atoms with van der Waals surface area (Å²) in [7, 11) is -3.75. The molecule has 1 fully saturated rings. The minimum atomic E-state index is -3.75. The Morgan fingerprint density at radius 2 is 2.00 bits per heavy atom. The molecule has 1 aliphatic heterocycles. The Bertz CT molecular complexity index is 1010. The highest BCUT2D eigenvalue weighted by Crippen LogP contribution is 2.27. The number of H-pyrrole nitrogens is 1. The third kappa shape index (κ3) is 4.61. The average Bonchev–Trinajstić information content (AvgIpc) is 3.31. The molecule has 1 aromatic heterocycles. The lowest BCUT2D eigenvalue weighted by Crippen LogP contribution is -2.37. The molecule has 3 rings (SSSR count). The van der Waals surface area contributed by atoms with Crippen molar-refractivity contribution < 1.29 is 22.7 Å². The van der Waals surface area contributed by atoms with E-state index in [9.17, 15) is 13.2 Å². The lowest BCUT2D eigenvalue weighted by molar-refractivity contribution is 0.0519. The number of nitrogens with zero attached hydrogens (tertiary/aromatic N) is 1. The fraction of sp³-hybridized carbons (Fsp3) is 0.500. The fourth-order valence-electron chi connectivity index (χ4n) is 3.86. The van der Waals surface area contributed by atoms with E-state index in [0.29, 0.717) is 28.3 Å². The number of hydrogen-bond donors (Lipinski definition) is 1. The van der Waals surface area contributed by atoms with Crippen LogP contribution < -0.4 is 0 Å². The first kappa shape index (κ1) is 22.5. The van der Waals surface area contributed by atoms with Crippen LogP contribution in [0.5, 0.6) is 0 Å². The van der Waals surface area contributed by atoms with Crippen molar-refractivity contribution in [1.82, 2.24) is 9.29 Å². The monoisotopic (exact) mass is 434 g/mol. The number of sulfonamides is 1. The number of esters is 1. The second-order valence-corrected chi connectivity index (χ2v) is 9.55. The third-order valence-corrected chi connectivity index (χ3v) is 7.52. The van der Waals surface area contributed by atoms with Gasteiger partial charge < -0.3 is 14.5 Å². The van der Waals surface area contributed by atoms with Gasteiger partial charge in [-0.2, -0.15) is 4.31 Å². The van der Waals surface area contributed by atoms with Crippen molar-refractivity contribution in [3.8, 4) is 0 Å². The number of benzene rings is 1. The molecule has 2 heterocycles. The van der Waals surface area contributed by atoms with Gasteiger partial charge in [0.2, 0.25) is 10.0 Å². The minimum absolute atomic E-state index is 0.132. The summed E-state index contributed by atoms with van der Waals surface area (Å²) in [5, 5.41) is 0. The first-order valence-corrected chi connectivity index (χ1v) is 11.7. The molecule has 8 heteroatoms. The van der Waals surface area contributed by atoms with E-state index in [-0.39, 0.29) is 25.8 Å². The largest absolute Gasteiger partial charge is 0.461 e. The highest BCUT2D eigenvalue weighted by molar-refractivity contribution is 7.89. The lowest BCUT2D eigenvalue weighted by Gasteiger charge is -2.26. The molecule has 1 aliphatic rings. The molecule has 0 saturated carbocycles. The zero-order valence-corrected chi connectivity index (χ0v) is 18.8. The normalized spacial score (nSPS) is 16.9. The summed E-state index contributed by atoms with van der Waals surface area (Å²) in [4.78, 5) is 15.6. The second-order valence-electron chi connectivity index (χ2n) is 7.65. The molecule has 0 radical (unpaired) electrons. The Morgan fingerprint density at radius 3 is 2.63 bits per heavy atom. The molecule has 164 valence electrons. The lowest BCUT2D eigenvalue weighted by atomic mass is 10.1. The molecule has 0 unspecified atom stereocenters. The van der Waals surface area contributed by atoms with Crippen LogP contribution in [0.4, 0.5) is 0 Å². The van der Waals surface area contributed by atoms with Crippen LogP contribution in [-0.4, -0.2) is 49.5 Å². The van der Waals surface area contributed by atoms with E-state index >= 15 is 0 Å². The number of aromatic nitrogens is 1. The van der Waals surface area contributed by atoms with Crippen LogP contribution in [0.1, 0.15) is 52.6 Å². The van der Waals surface area contributed by atoms with E-state index in [1.165, 1.54) is 4.31 Å². The molecule has 0 aliphatic carbocycles. The maximum absolute atomic E-state index is 13.6. The smallest absolute Gasteiger partial charge is 0.355 e. The van der Waals surface area contributed by atoms with Gasteiger partial charge in [0.05, 0.1) is 17.6 Å². The molecule has 2 aromatic rings. The fourth-order valence-corrected chi connectivity index (χ4v) is 5.52. The molecular formula is C22H30N2O5S. The Kier molecular flexibility index (Phi) is 7.00. The molecule has 1 aromatic carbocycles. The van der Waals surface area contributed by atoms with Gasteiger partial charge in [-0.05, 0) is 63.3 Å². The summed E-state index contributed by atoms with van der Waals surface area (Å²) in [6.45, 7) is 8.56. The summed E-state index contributed by atoms with van der Waals surface area (Å²) in [6.07, 6.45) is 1.63. The number of carbonyl (C=O) groups excluding carboxylic acids is 1. The van der Waals surface area contributed by atoms with Crippen LogP contribution in [-0.2, 0) is 26.0 Å². The number of aryl methyl sites for hydroxylation is 2. The van der Waals surface area contributed by atoms with E-state index in [4.69, 9.17) is 9.47 Å². The van der Waals surface area contributed by atoms with Crippen LogP contribution in [0.3, 0.4) is 0 Å². The van der Waals surface area contributed by atoms with Gasteiger partial charge >= 0.3 is 5.97 Å². The van der Waals surface area contributed by atoms with Crippen LogP contribution in [0.2, 0.25) is 0 Å². The molecule has 30 heavy (non-hydrogen) atoms. The van der Waals surface area contributed by atoms with Gasteiger partial charge in [0, 0.05) is 25.4 Å². The van der Waals surface area contributed by atoms with E-state index in [2.05, 4.69) is 4.98 Å². The van der Waals surface area contributed by atoms with Gasteiger partial charge in [-0.1, -0.05) is 18.2 Å². The van der Waals surface area contributed by atoms with E-state index in [0.717, 1.165) is 24.1 Å². The quantitative estimate of drug-likeness (QED) is 0.643. The maximum Gasteiger partial charge on any atom is 0.355 e. The summed E-state index contributed by atoms with van der Waals surface area (Å²) in [5.74, 6) is -0.434. The SMILES string of the molecule is CCOC(=O)c1[nH]c(C)c(CN(C[C@@H]2CCCO2)S(=O)(=O)c2ccccc2C)c1C. The number of aromatic amines is 1. The zero-order chi connectivity index (χ0) is 21.9. The minimum Gasteiger partial charge on any atom is -0.461 e. The third-order valence-electron chi connectivity index (χ3n) is 5.55. The van der Waals surface area contributed by atoms with Gasteiger partial charge in [-0.15, -0.1) is 0 Å². The first-order valence-electron chi connectivity index (χ1n) is 10.3. The second kappa shape index (κ2) is 9.32. The van der Waals surface area contributed by atoms with Crippen molar-refractivity contribution in [3.05, 3.63) is 52.3 Å². The number of carbonyl (C=O) groups is 1. The van der Waals surface area contributed by atoms with Crippen molar-refractivity contribution in [2.24, 2.45) is 0 Å². The highest BCUT2D eigenvalue weighted by atomic mass is 32.2. The predicted octanol–water partition coefficient (Wildman–Crippen LogP) is 3.49. The van der Waals surface area contributed by atoms with Gasteiger partial charge in [-0.25, -0.2) is 13.2 Å². The van der Waals surface area contributed by atoms with Gasteiger partial charge in [0.15, 0.2) is 0 Å². The Labute approximate surface area is 178 Å². The van der Waals surface area contributed by atoms with Crippen molar-refractivity contribution in [2.75, 3.05) is 19.8 Å². The number of hydrogen-bond acceptors (Lipinski definition) is 5. The standard InChI is InChI=1S/C22H30N2O5S/c1-5-28-22(25)21-16(3)19(17(4)23-21)14-24(13-18-10-8-12-29-18)30(26,27)20-11-7-6-9-15(20)2/h6-7,9,11,18,23H,5,8,10,12-14H2,1-4H3/t18-/m0/s1. The predicted molar refractivity (Wildman–Crippen MR) is 114 cm³/mol. The average molecular weight is 435 g/mol. The van der Waals surface area contributed by atoms with Crippen LogP contribution in [0.25, 0.3) is 0 Å². The molecule has 1 N–H and O–H groups in total. The summed E-state index contributed by atoms with van der Waals surface area (Å²) in [5.41, 5.74) is 3.32. The first-order chi connectivity index (χ1) is 14.3. The summed E-state index contributed by atoms with van der Waals surface area (Å²) >= 11 is 0. The van der Waals surface area contributed by atoms with Crippen LogP contribution in [0, 0.1) is 20.8 Å². The summed E-state index contributed by atoms with van der Waals surface area (Å²) in [6, 6.07) is 6.98. The van der Waals surface area contributed by atoms with Crippen LogP contribution >= 0.6 is 0 Å². The van der Waals surface area contributed by atoms with Crippen molar-refractivity contribution >= 4 is 16.0 Å². The Balaban J connectivity index is 1.98. The van der Waals surface area contributed by atoms with Gasteiger partial charge in [-0.3, -0.25) is 0 Å². The van der Waals surface area contributed by atoms with Crippen LogP contribution in [0.15, 0.2) is 29.2 Å². The van der Waals surface area contributed by atoms with Gasteiger partial charge in [0.1, 0.15) is 5.69 Å². The van der Waals surface area contributed by atoms with Crippen molar-refractivity contribution in [3.63, 3.8) is 0 Å².